The van der Waals surface area contributed by atoms with Gasteiger partial charge in [0.15, 0.2) is 0 Å². The Bertz CT molecular complexity index is 2280. The molecule has 11 aliphatic rings. The molecular weight excluding hydrogens is 847 g/mol. The van der Waals surface area contributed by atoms with E-state index in [0.29, 0.717) is 41.8 Å². The Kier molecular flexibility index (Phi) is 11.3. The summed E-state index contributed by atoms with van der Waals surface area (Å²) in [6.07, 6.45) is 22.7. The number of anilines is 1. The summed E-state index contributed by atoms with van der Waals surface area (Å²) in [5.74, 6) is 1.08. The van der Waals surface area contributed by atoms with Gasteiger partial charge in [-0.3, -0.25) is 14.5 Å². The van der Waals surface area contributed by atoms with Crippen LogP contribution in [0.1, 0.15) is 128 Å². The van der Waals surface area contributed by atoms with Crippen molar-refractivity contribution in [1.29, 1.82) is 0 Å². The molecule has 64 heavy (non-hydrogen) atoms. The first-order valence-corrected chi connectivity index (χ1v) is 26.7. The summed E-state index contributed by atoms with van der Waals surface area (Å²) in [5, 5.41) is 25.1. The third-order valence-electron chi connectivity index (χ3n) is 17.9. The second-order valence-corrected chi connectivity index (χ2v) is 23.0. The van der Waals surface area contributed by atoms with Crippen LogP contribution in [0.15, 0.2) is 75.9 Å². The Hall–Kier alpha value is -3.65. The number of carbonyl (C=O) groups excluding carboxylic acids is 4. The smallest absolute Gasteiger partial charge is 0.340 e. The van der Waals surface area contributed by atoms with Gasteiger partial charge in [-0.1, -0.05) is 54.2 Å². The number of carbonyl (C=O) groups is 4. The molecular formula is C51H61N3O8S2. The van der Waals surface area contributed by atoms with E-state index in [9.17, 15) is 24.6 Å². The van der Waals surface area contributed by atoms with Gasteiger partial charge in [-0.2, -0.15) is 0 Å². The molecule has 13 heteroatoms. The lowest BCUT2D eigenvalue weighted by Gasteiger charge is -2.58. The van der Waals surface area contributed by atoms with Crippen LogP contribution in [-0.2, 0) is 28.7 Å². The summed E-state index contributed by atoms with van der Waals surface area (Å²) >= 11 is 0. The monoisotopic (exact) mass is 907 g/mol. The number of hydrogen-bond acceptors (Lipinski definition) is 12. The number of pyridine rings is 1. The minimum Gasteiger partial charge on any atom is -0.427 e. The SMILES string of the molecule is CCC1(C2=C3OC(=O)C4=C3[C@@H](CC2)C[C@H]2[C@@H]3CC[C@@]5(C6=C3[C@H](CN3C(=O)C=CC3=O)c3ccnc(c3)NCSS[C@H](O)[C@@H](C3CCC(CCCO)CC3)C/C=C\5OC6=O)[C@@H]42)CCCC1. The summed E-state index contributed by atoms with van der Waals surface area (Å²) in [6, 6.07) is 3.92. The third-order valence-corrected chi connectivity index (χ3v) is 20.2. The number of nitrogens with zero attached hydrogens (tertiary/aromatic N) is 2. The Morgan fingerprint density at radius 3 is 2.52 bits per heavy atom. The zero-order valence-corrected chi connectivity index (χ0v) is 38.5. The average molecular weight is 908 g/mol. The first-order chi connectivity index (χ1) is 31.2. The number of nitrogens with one attached hydrogen (secondary N) is 1. The Morgan fingerprint density at radius 1 is 0.953 bits per heavy atom. The van der Waals surface area contributed by atoms with Crippen LogP contribution in [0.2, 0.25) is 0 Å². The molecule has 7 bridgehead atoms. The molecule has 1 spiro atoms. The number of allylic oxidation sites excluding steroid dienone is 4. The van der Waals surface area contributed by atoms with E-state index < -0.39 is 22.7 Å². The molecule has 4 fully saturated rings. The van der Waals surface area contributed by atoms with E-state index in [0.717, 1.165) is 112 Å². The quantitative estimate of drug-likeness (QED) is 0.130. The second-order valence-electron chi connectivity index (χ2n) is 20.5. The lowest BCUT2D eigenvalue weighted by molar-refractivity contribution is -0.137. The molecule has 12 rings (SSSR count). The maximum absolute atomic E-state index is 15.1. The van der Waals surface area contributed by atoms with Crippen molar-refractivity contribution in [3.63, 3.8) is 0 Å². The van der Waals surface area contributed by atoms with Gasteiger partial charge in [0, 0.05) is 60.4 Å². The van der Waals surface area contributed by atoms with Crippen LogP contribution in [0, 0.1) is 52.3 Å². The highest BCUT2D eigenvalue weighted by Gasteiger charge is 2.70. The summed E-state index contributed by atoms with van der Waals surface area (Å²) in [6.45, 7) is 2.56. The van der Waals surface area contributed by atoms with Gasteiger partial charge in [-0.05, 0) is 153 Å². The van der Waals surface area contributed by atoms with E-state index in [1.165, 1.54) is 46.3 Å². The van der Waals surface area contributed by atoms with E-state index in [4.69, 9.17) is 9.47 Å². The van der Waals surface area contributed by atoms with Gasteiger partial charge in [0.25, 0.3) is 11.8 Å². The molecule has 0 aromatic carbocycles. The first-order valence-electron chi connectivity index (χ1n) is 24.3. The Morgan fingerprint density at radius 2 is 1.75 bits per heavy atom. The van der Waals surface area contributed by atoms with Gasteiger partial charge in [0.1, 0.15) is 22.8 Å². The zero-order chi connectivity index (χ0) is 43.9. The van der Waals surface area contributed by atoms with Crippen molar-refractivity contribution in [2.45, 2.75) is 127 Å². The molecule has 5 heterocycles. The highest BCUT2D eigenvalue weighted by atomic mass is 33.1. The largest absolute Gasteiger partial charge is 0.427 e. The lowest BCUT2D eigenvalue weighted by atomic mass is 9.42. The second kappa shape index (κ2) is 16.9. The van der Waals surface area contributed by atoms with Crippen molar-refractivity contribution in [2.75, 3.05) is 24.3 Å². The highest BCUT2D eigenvalue weighted by Crippen LogP contribution is 2.73. The number of fused-ring (bicyclic) bond motifs is 3. The topological polar surface area (TPSA) is 155 Å². The zero-order valence-electron chi connectivity index (χ0n) is 36.9. The number of aliphatic hydroxyl groups excluding tert-OH is 2. The molecule has 1 saturated heterocycles. The maximum atomic E-state index is 15.1. The van der Waals surface area contributed by atoms with E-state index in [1.54, 1.807) is 17.0 Å². The van der Waals surface area contributed by atoms with E-state index in [2.05, 4.69) is 23.3 Å². The summed E-state index contributed by atoms with van der Waals surface area (Å²) in [7, 11) is 3.01. The fourth-order valence-corrected chi connectivity index (χ4v) is 17.1. The number of amides is 2. The van der Waals surface area contributed by atoms with Crippen LogP contribution in [0.4, 0.5) is 5.82 Å². The predicted octanol–water partition coefficient (Wildman–Crippen LogP) is 9.03. The number of ether oxygens (including phenoxy) is 2. The molecule has 1 aromatic heterocycles. The van der Waals surface area contributed by atoms with Gasteiger partial charge >= 0.3 is 11.9 Å². The standard InChI is InChI=1S/C51H61N3O8S2/c1-2-50(19-3-4-20-50)36-13-11-31-24-34-33-17-21-51(44(34)43-41(31)46(36)62-47(43)58)37-14-12-32(29-9-7-28(8-10-29)6-5-23-55)49(60)64-63-27-53-38-25-30(18-22-52-38)35(42(33)45(51)48(59)61-37)26-54-39(56)15-16-40(54)57/h14-16,18,22,25,28-29,31-35,44,49,55,60H,2-13,17,19-21,23-24,26-27H2,1H3,(H,52,53)/b37-14+/t28?,29?,31-,32+,33-,34-,35+,44+,49-,51-/m0/s1. The lowest BCUT2D eigenvalue weighted by Crippen LogP contribution is -2.54. The van der Waals surface area contributed by atoms with Gasteiger partial charge in [0.2, 0.25) is 0 Å². The fraction of sp³-hybridized carbons (Fsp3) is 0.627. The third kappa shape index (κ3) is 6.77. The summed E-state index contributed by atoms with van der Waals surface area (Å²) in [4.78, 5) is 62.7. The van der Waals surface area contributed by atoms with E-state index in [1.807, 2.05) is 12.1 Å². The minimum absolute atomic E-state index is 0.000629. The molecule has 4 aliphatic heterocycles. The summed E-state index contributed by atoms with van der Waals surface area (Å²) < 4.78 is 13.3. The number of aromatic nitrogens is 1. The Balaban J connectivity index is 1.09. The molecule has 0 radical (unpaired) electrons. The van der Waals surface area contributed by atoms with Crippen molar-refractivity contribution < 1.29 is 38.9 Å². The van der Waals surface area contributed by atoms with Crippen LogP contribution >= 0.6 is 21.6 Å². The maximum Gasteiger partial charge on any atom is 0.340 e. The molecule has 0 unspecified atom stereocenters. The van der Waals surface area contributed by atoms with Crippen molar-refractivity contribution in [2.24, 2.45) is 52.3 Å². The van der Waals surface area contributed by atoms with Gasteiger partial charge in [-0.15, -0.1) is 0 Å². The highest BCUT2D eigenvalue weighted by molar-refractivity contribution is 8.76. The predicted molar refractivity (Wildman–Crippen MR) is 244 cm³/mol. The van der Waals surface area contributed by atoms with Gasteiger partial charge < -0.3 is 25.0 Å². The van der Waals surface area contributed by atoms with E-state index in [-0.39, 0.29) is 71.9 Å². The number of esters is 2. The van der Waals surface area contributed by atoms with Crippen molar-refractivity contribution in [3.05, 3.63) is 81.5 Å². The molecule has 3 saturated carbocycles. The molecule has 7 aliphatic carbocycles. The van der Waals surface area contributed by atoms with Crippen LogP contribution < -0.4 is 5.32 Å². The molecule has 8 atom stereocenters. The van der Waals surface area contributed by atoms with Gasteiger partial charge in [-0.25, -0.2) is 14.6 Å². The average Bonchev–Trinajstić information content (AvgIpc) is 4.08. The van der Waals surface area contributed by atoms with Crippen molar-refractivity contribution >= 4 is 51.2 Å². The van der Waals surface area contributed by atoms with E-state index >= 15 is 4.79 Å². The Labute approximate surface area is 383 Å². The van der Waals surface area contributed by atoms with Crippen LogP contribution in [0.25, 0.3) is 0 Å². The van der Waals surface area contributed by atoms with Crippen molar-refractivity contribution in [3.8, 4) is 0 Å². The number of aliphatic hydroxyl groups is 2. The molecule has 11 nitrogen and oxygen atoms in total. The van der Waals surface area contributed by atoms with Crippen molar-refractivity contribution in [1.82, 2.24) is 9.88 Å². The number of hydrogen-bond donors (Lipinski definition) is 3. The molecule has 3 N–H and O–H groups in total. The fourth-order valence-electron chi connectivity index (χ4n) is 15.0. The molecule has 1 aromatic rings. The van der Waals surface area contributed by atoms with Crippen LogP contribution in [0.5, 0.6) is 0 Å². The van der Waals surface area contributed by atoms with Gasteiger partial charge in [0.05, 0.1) is 16.9 Å². The first kappa shape index (κ1) is 43.0. The minimum atomic E-state index is -0.957. The molecule has 2 amide bonds. The normalized spacial score (nSPS) is 37.4. The summed E-state index contributed by atoms with van der Waals surface area (Å²) in [5.41, 5.74) is 3.96. The van der Waals surface area contributed by atoms with Crippen LogP contribution in [0.3, 0.4) is 0 Å². The number of imide groups is 1. The number of rotatable bonds is 8. The molecule has 340 valence electrons. The van der Waals surface area contributed by atoms with Crippen LogP contribution in [-0.4, -0.2) is 68.3 Å².